The number of oxazole rings is 1. The lowest BCUT2D eigenvalue weighted by Gasteiger charge is -2.34. The van der Waals surface area contributed by atoms with Crippen LogP contribution in [-0.2, 0) is 22.4 Å². The average molecular weight is 440 g/mol. The van der Waals surface area contributed by atoms with Crippen LogP contribution in [0.4, 0.5) is 4.39 Å². The van der Waals surface area contributed by atoms with Crippen LogP contribution in [0.5, 0.6) is 0 Å². The zero-order valence-corrected chi connectivity index (χ0v) is 18.1. The summed E-state index contributed by atoms with van der Waals surface area (Å²) >= 11 is 0. The SMILES string of the molecule is Cc1noc(C)c1CC(=O)N1CCN(C(=O)CCc2ncc(-c3ccccc3F)o2)CC1. The van der Waals surface area contributed by atoms with E-state index in [-0.39, 0.29) is 30.5 Å². The minimum Gasteiger partial charge on any atom is -0.441 e. The topological polar surface area (TPSA) is 92.7 Å². The maximum atomic E-state index is 13.9. The Hall–Kier alpha value is -3.49. The van der Waals surface area contributed by atoms with Crippen molar-refractivity contribution in [3.8, 4) is 11.3 Å². The number of carbonyl (C=O) groups is 2. The van der Waals surface area contributed by atoms with Crippen molar-refractivity contribution in [1.82, 2.24) is 19.9 Å². The maximum absolute atomic E-state index is 13.9. The number of rotatable bonds is 6. The smallest absolute Gasteiger partial charge is 0.227 e. The van der Waals surface area contributed by atoms with Gasteiger partial charge >= 0.3 is 0 Å². The Morgan fingerprint density at radius 3 is 2.41 bits per heavy atom. The Labute approximate surface area is 185 Å². The van der Waals surface area contributed by atoms with Crippen LogP contribution in [0, 0.1) is 19.7 Å². The molecular formula is C23H25FN4O4. The zero-order valence-electron chi connectivity index (χ0n) is 18.1. The lowest BCUT2D eigenvalue weighted by Crippen LogP contribution is -2.51. The number of halogens is 1. The molecule has 0 bridgehead atoms. The van der Waals surface area contributed by atoms with Crippen molar-refractivity contribution in [2.75, 3.05) is 26.2 Å². The van der Waals surface area contributed by atoms with Gasteiger partial charge in [-0.1, -0.05) is 17.3 Å². The van der Waals surface area contributed by atoms with E-state index in [1.54, 1.807) is 34.9 Å². The molecular weight excluding hydrogens is 415 g/mol. The van der Waals surface area contributed by atoms with Gasteiger partial charge in [0.15, 0.2) is 11.7 Å². The summed E-state index contributed by atoms with van der Waals surface area (Å²) in [6.45, 7) is 5.57. The fourth-order valence-corrected chi connectivity index (χ4v) is 3.81. The lowest BCUT2D eigenvalue weighted by molar-refractivity contribution is -0.139. The molecule has 1 aliphatic heterocycles. The van der Waals surface area contributed by atoms with Gasteiger partial charge in [0.05, 0.1) is 23.9 Å². The van der Waals surface area contributed by atoms with E-state index in [2.05, 4.69) is 10.1 Å². The third-order valence-electron chi connectivity index (χ3n) is 5.74. The van der Waals surface area contributed by atoms with Crippen LogP contribution in [0.2, 0.25) is 0 Å². The summed E-state index contributed by atoms with van der Waals surface area (Å²) in [4.78, 5) is 32.9. The van der Waals surface area contributed by atoms with Gasteiger partial charge in [-0.15, -0.1) is 0 Å². The Morgan fingerprint density at radius 1 is 1.06 bits per heavy atom. The lowest BCUT2D eigenvalue weighted by atomic mass is 10.1. The second-order valence-electron chi connectivity index (χ2n) is 7.84. The first-order chi connectivity index (χ1) is 15.4. The predicted molar refractivity (Wildman–Crippen MR) is 113 cm³/mol. The maximum Gasteiger partial charge on any atom is 0.227 e. The molecule has 168 valence electrons. The molecule has 3 aromatic rings. The van der Waals surface area contributed by atoms with Crippen LogP contribution >= 0.6 is 0 Å². The molecule has 0 N–H and O–H groups in total. The second kappa shape index (κ2) is 9.33. The highest BCUT2D eigenvalue weighted by atomic mass is 19.1. The summed E-state index contributed by atoms with van der Waals surface area (Å²) < 4.78 is 24.6. The van der Waals surface area contributed by atoms with Gasteiger partial charge in [-0.3, -0.25) is 9.59 Å². The number of carbonyl (C=O) groups excluding carboxylic acids is 2. The third kappa shape index (κ3) is 4.71. The molecule has 1 saturated heterocycles. The largest absolute Gasteiger partial charge is 0.441 e. The number of aryl methyl sites for hydroxylation is 3. The predicted octanol–water partition coefficient (Wildman–Crippen LogP) is 2.93. The summed E-state index contributed by atoms with van der Waals surface area (Å²) in [5, 5.41) is 3.89. The van der Waals surface area contributed by atoms with Crippen molar-refractivity contribution in [2.24, 2.45) is 0 Å². The normalized spacial score (nSPS) is 14.1. The fourth-order valence-electron chi connectivity index (χ4n) is 3.81. The summed E-state index contributed by atoms with van der Waals surface area (Å²) in [7, 11) is 0. The average Bonchev–Trinajstić information content (AvgIpc) is 3.40. The van der Waals surface area contributed by atoms with Crippen LogP contribution in [-0.4, -0.2) is 57.9 Å². The Bertz CT molecular complexity index is 1100. The molecule has 9 heteroatoms. The molecule has 1 aliphatic rings. The number of hydrogen-bond acceptors (Lipinski definition) is 6. The molecule has 1 aromatic carbocycles. The molecule has 1 fully saturated rings. The van der Waals surface area contributed by atoms with Gasteiger partial charge in [0.25, 0.3) is 0 Å². The van der Waals surface area contributed by atoms with Gasteiger partial charge in [-0.2, -0.15) is 0 Å². The van der Waals surface area contributed by atoms with Crippen molar-refractivity contribution in [2.45, 2.75) is 33.1 Å². The molecule has 0 aliphatic carbocycles. The van der Waals surface area contributed by atoms with Gasteiger partial charge in [-0.25, -0.2) is 9.37 Å². The van der Waals surface area contributed by atoms with E-state index >= 15 is 0 Å². The van der Waals surface area contributed by atoms with Crippen LogP contribution in [0.3, 0.4) is 0 Å². The Kier molecular flexibility index (Phi) is 6.34. The highest BCUT2D eigenvalue weighted by Crippen LogP contribution is 2.23. The van der Waals surface area contributed by atoms with Crippen molar-refractivity contribution in [1.29, 1.82) is 0 Å². The van der Waals surface area contributed by atoms with Crippen molar-refractivity contribution in [3.63, 3.8) is 0 Å². The minimum absolute atomic E-state index is 0.00644. The van der Waals surface area contributed by atoms with Gasteiger partial charge in [0.2, 0.25) is 11.8 Å². The van der Waals surface area contributed by atoms with E-state index in [4.69, 9.17) is 8.94 Å². The van der Waals surface area contributed by atoms with Crippen LogP contribution < -0.4 is 0 Å². The Balaban J connectivity index is 1.25. The second-order valence-corrected chi connectivity index (χ2v) is 7.84. The molecule has 8 nitrogen and oxygen atoms in total. The highest BCUT2D eigenvalue weighted by Gasteiger charge is 2.25. The Morgan fingerprint density at radius 2 is 1.75 bits per heavy atom. The number of aromatic nitrogens is 2. The number of piperazine rings is 1. The summed E-state index contributed by atoms with van der Waals surface area (Å²) in [6, 6.07) is 6.32. The molecule has 0 saturated carbocycles. The third-order valence-corrected chi connectivity index (χ3v) is 5.74. The van der Waals surface area contributed by atoms with Crippen molar-refractivity contribution in [3.05, 3.63) is 59.2 Å². The molecule has 0 radical (unpaired) electrons. The van der Waals surface area contributed by atoms with E-state index in [0.717, 1.165) is 11.3 Å². The first-order valence-electron chi connectivity index (χ1n) is 10.6. The molecule has 0 atom stereocenters. The van der Waals surface area contributed by atoms with E-state index in [9.17, 15) is 14.0 Å². The van der Waals surface area contributed by atoms with E-state index in [0.29, 0.717) is 55.6 Å². The number of amides is 2. The molecule has 32 heavy (non-hydrogen) atoms. The van der Waals surface area contributed by atoms with Crippen molar-refractivity contribution >= 4 is 11.8 Å². The first-order valence-corrected chi connectivity index (χ1v) is 10.6. The number of benzene rings is 1. The number of nitrogens with zero attached hydrogens (tertiary/aromatic N) is 4. The van der Waals surface area contributed by atoms with Crippen molar-refractivity contribution < 1.29 is 22.9 Å². The van der Waals surface area contributed by atoms with E-state index in [1.807, 2.05) is 6.92 Å². The van der Waals surface area contributed by atoms with Gasteiger partial charge in [-0.05, 0) is 26.0 Å². The van der Waals surface area contributed by atoms with Gasteiger partial charge < -0.3 is 18.7 Å². The highest BCUT2D eigenvalue weighted by molar-refractivity contribution is 5.80. The summed E-state index contributed by atoms with van der Waals surface area (Å²) in [5.74, 6) is 1.00. The summed E-state index contributed by atoms with van der Waals surface area (Å²) in [5.41, 5.74) is 1.90. The number of hydrogen-bond donors (Lipinski definition) is 0. The van der Waals surface area contributed by atoms with Gasteiger partial charge in [0, 0.05) is 44.6 Å². The van der Waals surface area contributed by atoms with Crippen LogP contribution in [0.15, 0.2) is 39.4 Å². The fraction of sp³-hybridized carbons (Fsp3) is 0.391. The molecule has 3 heterocycles. The quantitative estimate of drug-likeness (QED) is 0.585. The van der Waals surface area contributed by atoms with E-state index in [1.165, 1.54) is 12.3 Å². The molecule has 0 unspecified atom stereocenters. The van der Waals surface area contributed by atoms with E-state index < -0.39 is 0 Å². The monoisotopic (exact) mass is 440 g/mol. The molecule has 2 amide bonds. The first kappa shape index (κ1) is 21.7. The molecule has 0 spiro atoms. The van der Waals surface area contributed by atoms with Crippen LogP contribution in [0.25, 0.3) is 11.3 Å². The molecule has 4 rings (SSSR count). The van der Waals surface area contributed by atoms with Crippen LogP contribution in [0.1, 0.15) is 29.3 Å². The zero-order chi connectivity index (χ0) is 22.7. The standard InChI is InChI=1S/C23H25FN4O4/c1-15-18(16(2)32-26-15)13-23(30)28-11-9-27(10-12-28)22(29)8-7-21-25-14-20(31-21)17-5-3-4-6-19(17)24/h3-6,14H,7-13H2,1-2H3. The molecule has 2 aromatic heterocycles. The summed E-state index contributed by atoms with van der Waals surface area (Å²) in [6.07, 6.45) is 2.30. The minimum atomic E-state index is -0.381. The van der Waals surface area contributed by atoms with Gasteiger partial charge in [0.1, 0.15) is 11.6 Å².